The minimum absolute atomic E-state index is 0.208. The molecular formula is C14H11NO2. The molecule has 0 saturated carbocycles. The molecule has 1 aliphatic rings. The standard InChI is InChI=1S/C14H11NO2/c15-10-14(13(16)17)8-4-7-12(9-14)11-5-2-1-3-6-11/h1-8H,9H2,(H,16,17). The minimum atomic E-state index is -1.43. The van der Waals surface area contributed by atoms with E-state index in [1.54, 1.807) is 6.08 Å². The Kier molecular flexibility index (Phi) is 2.80. The van der Waals surface area contributed by atoms with Crippen molar-refractivity contribution >= 4 is 11.5 Å². The van der Waals surface area contributed by atoms with Gasteiger partial charge in [0.2, 0.25) is 0 Å². The van der Waals surface area contributed by atoms with Crippen LogP contribution in [0.2, 0.25) is 0 Å². The molecule has 17 heavy (non-hydrogen) atoms. The van der Waals surface area contributed by atoms with Crippen molar-refractivity contribution in [1.29, 1.82) is 5.26 Å². The molecule has 1 aliphatic carbocycles. The van der Waals surface area contributed by atoms with Crippen LogP contribution in [0.15, 0.2) is 48.6 Å². The zero-order valence-electron chi connectivity index (χ0n) is 9.13. The van der Waals surface area contributed by atoms with Crippen LogP contribution in [0.1, 0.15) is 12.0 Å². The fraction of sp³-hybridized carbons (Fsp3) is 0.143. The van der Waals surface area contributed by atoms with Crippen molar-refractivity contribution in [2.24, 2.45) is 5.41 Å². The Bertz CT molecular complexity index is 537. The number of benzene rings is 1. The van der Waals surface area contributed by atoms with Crippen molar-refractivity contribution in [2.45, 2.75) is 6.42 Å². The maximum atomic E-state index is 11.2. The third kappa shape index (κ3) is 1.98. The number of hydrogen-bond acceptors (Lipinski definition) is 2. The molecule has 0 amide bonds. The number of aliphatic carboxylic acids is 1. The number of nitrogens with zero attached hydrogens (tertiary/aromatic N) is 1. The number of carboxylic acid groups (broad SMARTS) is 1. The van der Waals surface area contributed by atoms with Crippen LogP contribution in [-0.4, -0.2) is 11.1 Å². The van der Waals surface area contributed by atoms with Gasteiger partial charge in [-0.15, -0.1) is 0 Å². The molecule has 0 saturated heterocycles. The lowest BCUT2D eigenvalue weighted by atomic mass is 9.78. The fourth-order valence-corrected chi connectivity index (χ4v) is 1.87. The molecule has 3 nitrogen and oxygen atoms in total. The second-order valence-corrected chi connectivity index (χ2v) is 3.98. The van der Waals surface area contributed by atoms with Gasteiger partial charge in [0.05, 0.1) is 6.07 Å². The third-order valence-corrected chi connectivity index (χ3v) is 2.87. The molecule has 1 atom stereocenters. The molecule has 0 fully saturated rings. The topological polar surface area (TPSA) is 61.1 Å². The highest BCUT2D eigenvalue weighted by Gasteiger charge is 2.38. The molecule has 0 spiro atoms. The van der Waals surface area contributed by atoms with E-state index < -0.39 is 11.4 Å². The predicted molar refractivity (Wildman–Crippen MR) is 63.9 cm³/mol. The van der Waals surface area contributed by atoms with Crippen LogP contribution in [0.25, 0.3) is 5.57 Å². The second kappa shape index (κ2) is 4.26. The molecule has 0 aromatic heterocycles. The van der Waals surface area contributed by atoms with Crippen molar-refractivity contribution in [3.8, 4) is 6.07 Å². The van der Waals surface area contributed by atoms with E-state index in [1.165, 1.54) is 6.08 Å². The predicted octanol–water partition coefficient (Wildman–Crippen LogP) is 2.62. The van der Waals surface area contributed by atoms with Gasteiger partial charge in [-0.3, -0.25) is 4.79 Å². The van der Waals surface area contributed by atoms with Gasteiger partial charge in [0.25, 0.3) is 0 Å². The number of hydrogen-bond donors (Lipinski definition) is 1. The molecular weight excluding hydrogens is 214 g/mol. The number of nitriles is 1. The van der Waals surface area contributed by atoms with E-state index in [2.05, 4.69) is 0 Å². The summed E-state index contributed by atoms with van der Waals surface area (Å²) in [4.78, 5) is 11.2. The van der Waals surface area contributed by atoms with Crippen molar-refractivity contribution in [3.05, 3.63) is 54.1 Å². The lowest BCUT2D eigenvalue weighted by molar-refractivity contribution is -0.143. The summed E-state index contributed by atoms with van der Waals surface area (Å²) in [6.45, 7) is 0. The zero-order chi connectivity index (χ0) is 12.3. The Balaban J connectivity index is 2.37. The lowest BCUT2D eigenvalue weighted by Gasteiger charge is -2.22. The Hall–Kier alpha value is -2.34. The maximum absolute atomic E-state index is 11.2. The first-order valence-electron chi connectivity index (χ1n) is 5.26. The van der Waals surface area contributed by atoms with Gasteiger partial charge in [0, 0.05) is 6.42 Å². The molecule has 1 aromatic carbocycles. The molecule has 84 valence electrons. The van der Waals surface area contributed by atoms with E-state index in [0.29, 0.717) is 0 Å². The van der Waals surface area contributed by atoms with Gasteiger partial charge >= 0.3 is 5.97 Å². The van der Waals surface area contributed by atoms with Gasteiger partial charge in [-0.25, -0.2) is 0 Å². The minimum Gasteiger partial charge on any atom is -0.480 e. The Morgan fingerprint density at radius 3 is 2.65 bits per heavy atom. The largest absolute Gasteiger partial charge is 0.480 e. The fourth-order valence-electron chi connectivity index (χ4n) is 1.87. The van der Waals surface area contributed by atoms with E-state index in [0.717, 1.165) is 11.1 Å². The monoisotopic (exact) mass is 225 g/mol. The Morgan fingerprint density at radius 2 is 2.06 bits per heavy atom. The quantitative estimate of drug-likeness (QED) is 0.841. The average molecular weight is 225 g/mol. The van der Waals surface area contributed by atoms with E-state index in [4.69, 9.17) is 10.4 Å². The van der Waals surface area contributed by atoms with Crippen LogP contribution in [-0.2, 0) is 4.79 Å². The van der Waals surface area contributed by atoms with Crippen molar-refractivity contribution in [1.82, 2.24) is 0 Å². The highest BCUT2D eigenvalue weighted by molar-refractivity contribution is 5.86. The van der Waals surface area contributed by atoms with Crippen LogP contribution in [0, 0.1) is 16.7 Å². The van der Waals surface area contributed by atoms with Crippen LogP contribution in [0.5, 0.6) is 0 Å². The van der Waals surface area contributed by atoms with E-state index in [9.17, 15) is 4.79 Å². The second-order valence-electron chi connectivity index (χ2n) is 3.98. The third-order valence-electron chi connectivity index (χ3n) is 2.87. The van der Waals surface area contributed by atoms with Crippen molar-refractivity contribution in [3.63, 3.8) is 0 Å². The van der Waals surface area contributed by atoms with E-state index in [1.807, 2.05) is 42.5 Å². The summed E-state index contributed by atoms with van der Waals surface area (Å²) < 4.78 is 0. The maximum Gasteiger partial charge on any atom is 0.328 e. The zero-order valence-corrected chi connectivity index (χ0v) is 9.13. The van der Waals surface area contributed by atoms with Gasteiger partial charge in [0.1, 0.15) is 0 Å². The first kappa shape index (κ1) is 11.2. The average Bonchev–Trinajstić information content (AvgIpc) is 2.39. The van der Waals surface area contributed by atoms with Crippen molar-refractivity contribution < 1.29 is 9.90 Å². The number of carboxylic acids is 1. The molecule has 2 rings (SSSR count). The molecule has 0 heterocycles. The highest BCUT2D eigenvalue weighted by atomic mass is 16.4. The normalized spacial score (nSPS) is 22.6. The number of carbonyl (C=O) groups is 1. The first-order valence-corrected chi connectivity index (χ1v) is 5.26. The van der Waals surface area contributed by atoms with E-state index in [-0.39, 0.29) is 6.42 Å². The van der Waals surface area contributed by atoms with Crippen LogP contribution < -0.4 is 0 Å². The van der Waals surface area contributed by atoms with Crippen LogP contribution >= 0.6 is 0 Å². The molecule has 1 aromatic rings. The summed E-state index contributed by atoms with van der Waals surface area (Å²) in [5, 5.41) is 18.2. The summed E-state index contributed by atoms with van der Waals surface area (Å²) in [7, 11) is 0. The van der Waals surface area contributed by atoms with Crippen LogP contribution in [0.3, 0.4) is 0 Å². The number of rotatable bonds is 2. The summed E-state index contributed by atoms with van der Waals surface area (Å²) in [5.41, 5.74) is 0.398. The van der Waals surface area contributed by atoms with Crippen molar-refractivity contribution in [2.75, 3.05) is 0 Å². The first-order chi connectivity index (χ1) is 8.18. The van der Waals surface area contributed by atoms with Crippen LogP contribution in [0.4, 0.5) is 0 Å². The highest BCUT2D eigenvalue weighted by Crippen LogP contribution is 2.36. The van der Waals surface area contributed by atoms with Gasteiger partial charge in [-0.1, -0.05) is 48.6 Å². The molecule has 1 N–H and O–H groups in total. The Labute approximate surface area is 99.3 Å². The summed E-state index contributed by atoms with van der Waals surface area (Å²) in [6, 6.07) is 11.4. The smallest absolute Gasteiger partial charge is 0.328 e. The van der Waals surface area contributed by atoms with E-state index >= 15 is 0 Å². The summed E-state index contributed by atoms with van der Waals surface area (Å²) in [6.07, 6.45) is 5.15. The van der Waals surface area contributed by atoms with Gasteiger partial charge in [-0.2, -0.15) is 5.26 Å². The molecule has 0 aliphatic heterocycles. The molecule has 1 unspecified atom stereocenters. The lowest BCUT2D eigenvalue weighted by Crippen LogP contribution is -2.28. The van der Waals surface area contributed by atoms with Gasteiger partial charge in [0.15, 0.2) is 5.41 Å². The summed E-state index contributed by atoms with van der Waals surface area (Å²) >= 11 is 0. The SMILES string of the molecule is N#CC1(C(=O)O)C=CC=C(c2ccccc2)C1. The Morgan fingerprint density at radius 1 is 1.35 bits per heavy atom. The van der Waals surface area contributed by atoms with Gasteiger partial charge in [-0.05, 0) is 11.1 Å². The molecule has 0 bridgehead atoms. The molecule has 0 radical (unpaired) electrons. The summed E-state index contributed by atoms with van der Waals surface area (Å²) in [5.74, 6) is -1.10. The van der Waals surface area contributed by atoms with Gasteiger partial charge < -0.3 is 5.11 Å². The molecule has 3 heteroatoms. The number of allylic oxidation sites excluding steroid dienone is 3.